The standard InChI is InChI=1S/C35H38ClF2N7O2/c1-23(37)33(46)45-19-18-43(20-25(45)10-14-39)32-26-11-17-42(29-7-4-6-24-8-9-27(38)31(36)30(24)29)21-28(26)40-34(41-32)47-22-35-12-2-3-15-44(35)16-5-13-35/h4,6-9,25H,1-3,5,10-13,15-22H2/t25-,35?/m0/s1. The Bertz CT molecular complexity index is 1770. The number of nitriles is 1. The van der Waals surface area contributed by atoms with E-state index in [1.807, 2.05) is 18.2 Å². The summed E-state index contributed by atoms with van der Waals surface area (Å²) in [6.07, 6.45) is 6.36. The first-order chi connectivity index (χ1) is 22.8. The first kappa shape index (κ1) is 31.6. The summed E-state index contributed by atoms with van der Waals surface area (Å²) in [6, 6.07) is 10.9. The van der Waals surface area contributed by atoms with Crippen molar-refractivity contribution in [1.82, 2.24) is 19.8 Å². The molecule has 1 unspecified atom stereocenters. The normalized spacial score (nSPS) is 22.9. The van der Waals surface area contributed by atoms with Gasteiger partial charge in [-0.3, -0.25) is 9.69 Å². The number of benzene rings is 2. The fourth-order valence-corrected chi connectivity index (χ4v) is 8.31. The van der Waals surface area contributed by atoms with Crippen LogP contribution in [0, 0.1) is 17.1 Å². The Morgan fingerprint density at radius 2 is 1.91 bits per heavy atom. The molecule has 5 heterocycles. The number of nitrogens with zero attached hydrogens (tertiary/aromatic N) is 7. The van der Waals surface area contributed by atoms with Crippen molar-refractivity contribution in [1.29, 1.82) is 5.26 Å². The predicted octanol–water partition coefficient (Wildman–Crippen LogP) is 5.80. The van der Waals surface area contributed by atoms with Gasteiger partial charge in [-0.15, -0.1) is 0 Å². The lowest BCUT2D eigenvalue weighted by Gasteiger charge is -2.43. The lowest BCUT2D eigenvalue weighted by atomic mass is 9.87. The van der Waals surface area contributed by atoms with Crippen LogP contribution in [0.25, 0.3) is 10.8 Å². The van der Waals surface area contributed by atoms with Crippen LogP contribution in [0.15, 0.2) is 42.7 Å². The number of amides is 1. The molecule has 12 heteroatoms. The third-order valence-electron chi connectivity index (χ3n) is 10.4. The molecular weight excluding hydrogens is 624 g/mol. The van der Waals surface area contributed by atoms with Crippen molar-refractivity contribution < 1.29 is 18.3 Å². The van der Waals surface area contributed by atoms with Gasteiger partial charge in [0.1, 0.15) is 18.2 Å². The summed E-state index contributed by atoms with van der Waals surface area (Å²) >= 11 is 6.52. The monoisotopic (exact) mass is 661 g/mol. The molecule has 1 amide bonds. The summed E-state index contributed by atoms with van der Waals surface area (Å²) < 4.78 is 35.0. The summed E-state index contributed by atoms with van der Waals surface area (Å²) in [7, 11) is 0. The minimum absolute atomic E-state index is 0.00781. The molecule has 246 valence electrons. The first-order valence-electron chi connectivity index (χ1n) is 16.4. The first-order valence-corrected chi connectivity index (χ1v) is 16.8. The van der Waals surface area contributed by atoms with Crippen LogP contribution in [0.4, 0.5) is 20.3 Å². The van der Waals surface area contributed by atoms with E-state index in [0.29, 0.717) is 56.4 Å². The van der Waals surface area contributed by atoms with E-state index in [2.05, 4.69) is 27.3 Å². The van der Waals surface area contributed by atoms with Crippen LogP contribution in [0.1, 0.15) is 49.8 Å². The highest BCUT2D eigenvalue weighted by Crippen LogP contribution is 2.40. The molecule has 0 saturated carbocycles. The van der Waals surface area contributed by atoms with E-state index in [9.17, 15) is 18.8 Å². The van der Waals surface area contributed by atoms with Crippen LogP contribution >= 0.6 is 11.6 Å². The molecule has 47 heavy (non-hydrogen) atoms. The van der Waals surface area contributed by atoms with Crippen LogP contribution < -0.4 is 14.5 Å². The van der Waals surface area contributed by atoms with Gasteiger partial charge in [0.25, 0.3) is 5.91 Å². The number of hydrogen-bond donors (Lipinski definition) is 0. The van der Waals surface area contributed by atoms with Crippen molar-refractivity contribution in [3.63, 3.8) is 0 Å². The summed E-state index contributed by atoms with van der Waals surface area (Å²) in [4.78, 5) is 30.7. The zero-order valence-corrected chi connectivity index (χ0v) is 27.1. The Morgan fingerprint density at radius 1 is 1.09 bits per heavy atom. The molecule has 3 aromatic rings. The van der Waals surface area contributed by atoms with Crippen LogP contribution in [-0.2, 0) is 17.8 Å². The van der Waals surface area contributed by atoms with Gasteiger partial charge in [0.15, 0.2) is 5.83 Å². The highest BCUT2D eigenvalue weighted by Gasteiger charge is 2.43. The average Bonchev–Trinajstić information content (AvgIpc) is 3.52. The maximum Gasteiger partial charge on any atom is 0.318 e. The van der Waals surface area contributed by atoms with Crippen LogP contribution in [0.2, 0.25) is 5.02 Å². The largest absolute Gasteiger partial charge is 0.461 e. The van der Waals surface area contributed by atoms with E-state index in [1.54, 1.807) is 6.07 Å². The molecule has 0 bridgehead atoms. The predicted molar refractivity (Wildman–Crippen MR) is 177 cm³/mol. The quantitative estimate of drug-likeness (QED) is 0.294. The van der Waals surface area contributed by atoms with Crippen molar-refractivity contribution in [2.45, 2.75) is 63.1 Å². The van der Waals surface area contributed by atoms with E-state index in [0.717, 1.165) is 54.7 Å². The summed E-state index contributed by atoms with van der Waals surface area (Å²) in [5.74, 6) is -1.57. The number of rotatable bonds is 7. The van der Waals surface area contributed by atoms with Crippen LogP contribution in [-0.4, -0.2) is 83.1 Å². The number of fused-ring (bicyclic) bond motifs is 3. The Kier molecular flexibility index (Phi) is 8.66. The molecule has 0 radical (unpaired) electrons. The molecule has 9 nitrogen and oxygen atoms in total. The number of ether oxygens (including phenoxy) is 1. The molecule has 3 fully saturated rings. The number of carbonyl (C=O) groups excluding carboxylic acids is 1. The molecule has 7 rings (SSSR count). The number of anilines is 2. The second-order valence-electron chi connectivity index (χ2n) is 13.1. The molecule has 3 saturated heterocycles. The van der Waals surface area contributed by atoms with Crippen molar-refractivity contribution in [3.8, 4) is 12.1 Å². The smallest absolute Gasteiger partial charge is 0.318 e. The number of carbonyl (C=O) groups is 1. The Morgan fingerprint density at radius 3 is 2.74 bits per heavy atom. The Hall–Kier alpha value is -4.01. The van der Waals surface area contributed by atoms with Gasteiger partial charge in [0, 0.05) is 42.8 Å². The van der Waals surface area contributed by atoms with Crippen LogP contribution in [0.3, 0.4) is 0 Å². The number of piperidine rings is 1. The van der Waals surface area contributed by atoms with E-state index < -0.39 is 23.6 Å². The third kappa shape index (κ3) is 5.87. The molecule has 2 aromatic carbocycles. The average molecular weight is 662 g/mol. The number of aromatic nitrogens is 2. The Labute approximate surface area is 278 Å². The summed E-state index contributed by atoms with van der Waals surface area (Å²) in [5.41, 5.74) is 2.59. The summed E-state index contributed by atoms with van der Waals surface area (Å²) in [6.45, 7) is 7.86. The maximum absolute atomic E-state index is 14.6. The third-order valence-corrected chi connectivity index (χ3v) is 10.8. The van der Waals surface area contributed by atoms with E-state index >= 15 is 0 Å². The van der Waals surface area contributed by atoms with Gasteiger partial charge in [-0.05, 0) is 62.7 Å². The van der Waals surface area contributed by atoms with Gasteiger partial charge < -0.3 is 19.4 Å². The lowest BCUT2D eigenvalue weighted by Crippen LogP contribution is -2.56. The molecule has 2 atom stereocenters. The highest BCUT2D eigenvalue weighted by molar-refractivity contribution is 6.36. The fourth-order valence-electron chi connectivity index (χ4n) is 8.04. The number of hydrogen-bond acceptors (Lipinski definition) is 8. The van der Waals surface area contributed by atoms with Crippen molar-refractivity contribution in [3.05, 3.63) is 64.8 Å². The van der Waals surface area contributed by atoms with Gasteiger partial charge in [-0.25, -0.2) is 8.78 Å². The van der Waals surface area contributed by atoms with Gasteiger partial charge in [-0.1, -0.05) is 42.8 Å². The topological polar surface area (TPSA) is 88.8 Å². The summed E-state index contributed by atoms with van der Waals surface area (Å²) in [5, 5.41) is 11.2. The van der Waals surface area contributed by atoms with E-state index in [1.165, 1.54) is 23.8 Å². The minimum Gasteiger partial charge on any atom is -0.461 e. The maximum atomic E-state index is 14.6. The lowest BCUT2D eigenvalue weighted by molar-refractivity contribution is -0.131. The van der Waals surface area contributed by atoms with E-state index in [4.69, 9.17) is 26.3 Å². The fraction of sp³-hybridized carbons (Fsp3) is 0.486. The molecule has 0 N–H and O–H groups in total. The SMILES string of the molecule is C=C(F)C(=O)N1CCN(c2nc(OCC34CCCCN3CCC4)nc3c2CCN(c2cccc4ccc(F)c(Cl)c24)C3)C[C@@H]1CC#N. The van der Waals surface area contributed by atoms with Crippen molar-refractivity contribution in [2.75, 3.05) is 55.7 Å². The Balaban J connectivity index is 1.24. The second kappa shape index (κ2) is 12.9. The molecule has 0 spiro atoms. The zero-order valence-electron chi connectivity index (χ0n) is 26.4. The van der Waals surface area contributed by atoms with Gasteiger partial charge in [0.2, 0.25) is 0 Å². The zero-order chi connectivity index (χ0) is 32.7. The van der Waals surface area contributed by atoms with Crippen molar-refractivity contribution >= 4 is 39.8 Å². The molecule has 0 aliphatic carbocycles. The molecule has 4 aliphatic rings. The molecule has 1 aromatic heterocycles. The second-order valence-corrected chi connectivity index (χ2v) is 13.5. The number of halogens is 3. The van der Waals surface area contributed by atoms with E-state index in [-0.39, 0.29) is 23.5 Å². The van der Waals surface area contributed by atoms with Crippen molar-refractivity contribution in [2.24, 2.45) is 0 Å². The highest BCUT2D eigenvalue weighted by atomic mass is 35.5. The van der Waals surface area contributed by atoms with Gasteiger partial charge in [0.05, 0.1) is 41.3 Å². The minimum atomic E-state index is -1.03. The van der Waals surface area contributed by atoms with Gasteiger partial charge in [-0.2, -0.15) is 15.2 Å². The number of piperazine rings is 1. The molecular formula is C35H38ClF2N7O2. The molecule has 4 aliphatic heterocycles. The van der Waals surface area contributed by atoms with Crippen LogP contribution in [0.5, 0.6) is 6.01 Å². The van der Waals surface area contributed by atoms with Gasteiger partial charge >= 0.3 is 6.01 Å².